The Labute approximate surface area is 247 Å². The Morgan fingerprint density at radius 2 is 1.79 bits per heavy atom. The number of carboxylic acids is 1. The van der Waals surface area contributed by atoms with Crippen LogP contribution in [0.25, 0.3) is 0 Å². The lowest BCUT2D eigenvalue weighted by molar-refractivity contribution is -0.142. The van der Waals surface area contributed by atoms with E-state index in [9.17, 15) is 19.5 Å². The summed E-state index contributed by atoms with van der Waals surface area (Å²) < 4.78 is 6.70. The van der Waals surface area contributed by atoms with Gasteiger partial charge in [-0.15, -0.1) is 0 Å². The molecule has 39 heavy (non-hydrogen) atoms. The molecule has 1 unspecified atom stereocenters. The fourth-order valence-corrected chi connectivity index (χ4v) is 6.42. The number of carbonyl (C=O) groups excluding carboxylic acids is 2. The minimum atomic E-state index is -1.38. The number of hydrogen-bond donors (Lipinski definition) is 3. The lowest BCUT2D eigenvalue weighted by Gasteiger charge is -2.47. The monoisotopic (exact) mass is 650 g/mol. The van der Waals surface area contributed by atoms with Gasteiger partial charge in [-0.1, -0.05) is 56.8 Å². The van der Waals surface area contributed by atoms with E-state index in [1.165, 1.54) is 6.92 Å². The van der Waals surface area contributed by atoms with Crippen molar-refractivity contribution < 1.29 is 24.2 Å². The van der Waals surface area contributed by atoms with Gasteiger partial charge in [0.1, 0.15) is 17.8 Å². The van der Waals surface area contributed by atoms with E-state index in [4.69, 9.17) is 39.5 Å². The molecule has 1 spiro atoms. The minimum Gasteiger partial charge on any atom is -0.492 e. The number of carboxylic acid groups (broad SMARTS) is 1. The third-order valence-electron chi connectivity index (χ3n) is 7.28. The summed E-state index contributed by atoms with van der Waals surface area (Å²) in [6, 6.07) is 14.4. The van der Waals surface area contributed by atoms with Gasteiger partial charge in [-0.3, -0.25) is 14.4 Å². The summed E-state index contributed by atoms with van der Waals surface area (Å²) in [6.45, 7) is 1.44. The standard InChI is InChI=1S/C28H22BrCl3N2O5/c1-13(26(36)37)12-39-23-7-2-14(29)8-17(23)20-11-24(35)34-25(18-9-15(30)4-6-21(18)32)28(20)19-5-3-16(31)10-22(19)33-27(28)38/h2-10,13,20,25H,11-12H2,1H3,(H,33,38)(H,34,35)(H,36,37)/t13?,20-,25+,28-/m1/s1. The van der Waals surface area contributed by atoms with Crippen LogP contribution in [0.3, 0.4) is 0 Å². The summed E-state index contributed by atoms with van der Waals surface area (Å²) in [7, 11) is 0. The molecule has 1 fully saturated rings. The lowest BCUT2D eigenvalue weighted by atomic mass is 9.59. The van der Waals surface area contributed by atoms with Gasteiger partial charge in [0, 0.05) is 43.1 Å². The molecule has 3 aromatic rings. The van der Waals surface area contributed by atoms with E-state index in [-0.39, 0.29) is 24.8 Å². The molecule has 11 heteroatoms. The van der Waals surface area contributed by atoms with Crippen LogP contribution in [0.2, 0.25) is 15.1 Å². The second kappa shape index (κ2) is 10.7. The first-order valence-corrected chi connectivity index (χ1v) is 14.0. The number of anilines is 1. The quantitative estimate of drug-likeness (QED) is 0.274. The van der Waals surface area contributed by atoms with E-state index in [1.807, 2.05) is 0 Å². The zero-order chi connectivity index (χ0) is 28.1. The fraction of sp³-hybridized carbons (Fsp3) is 0.250. The molecule has 2 aliphatic heterocycles. The van der Waals surface area contributed by atoms with Crippen molar-refractivity contribution in [3.8, 4) is 5.75 Å². The van der Waals surface area contributed by atoms with Gasteiger partial charge in [0.25, 0.3) is 0 Å². The molecule has 2 aliphatic rings. The van der Waals surface area contributed by atoms with E-state index in [0.717, 1.165) is 0 Å². The van der Waals surface area contributed by atoms with E-state index >= 15 is 0 Å². The maximum absolute atomic E-state index is 14.2. The van der Waals surface area contributed by atoms with E-state index < -0.39 is 29.3 Å². The zero-order valence-electron chi connectivity index (χ0n) is 20.4. The van der Waals surface area contributed by atoms with Gasteiger partial charge in [0.05, 0.1) is 12.0 Å². The number of aliphatic carboxylic acids is 1. The number of rotatable bonds is 6. The van der Waals surface area contributed by atoms with Crippen LogP contribution < -0.4 is 15.4 Å². The Morgan fingerprint density at radius 1 is 1.08 bits per heavy atom. The molecule has 4 atom stereocenters. The second-order valence-corrected chi connectivity index (χ2v) is 11.9. The van der Waals surface area contributed by atoms with Crippen LogP contribution >= 0.6 is 50.7 Å². The number of halogens is 4. The Morgan fingerprint density at radius 3 is 2.54 bits per heavy atom. The molecular weight excluding hydrogens is 631 g/mol. The number of carbonyl (C=O) groups is 3. The van der Waals surface area contributed by atoms with Gasteiger partial charge in [-0.2, -0.15) is 0 Å². The van der Waals surface area contributed by atoms with Gasteiger partial charge in [-0.05, 0) is 66.6 Å². The summed E-state index contributed by atoms with van der Waals surface area (Å²) in [5, 5.41) is 16.5. The highest BCUT2D eigenvalue weighted by molar-refractivity contribution is 9.10. The smallest absolute Gasteiger partial charge is 0.309 e. The van der Waals surface area contributed by atoms with E-state index in [0.29, 0.717) is 47.7 Å². The van der Waals surface area contributed by atoms with Gasteiger partial charge in [0.15, 0.2) is 0 Å². The zero-order valence-corrected chi connectivity index (χ0v) is 24.3. The number of benzene rings is 3. The van der Waals surface area contributed by atoms with Gasteiger partial charge in [0.2, 0.25) is 11.8 Å². The maximum Gasteiger partial charge on any atom is 0.309 e. The van der Waals surface area contributed by atoms with Crippen molar-refractivity contribution in [1.82, 2.24) is 5.32 Å². The molecule has 0 radical (unpaired) electrons. The third kappa shape index (κ3) is 4.88. The van der Waals surface area contributed by atoms with Crippen LogP contribution in [-0.4, -0.2) is 29.5 Å². The predicted octanol–water partition coefficient (Wildman–Crippen LogP) is 6.74. The highest BCUT2D eigenvalue weighted by atomic mass is 79.9. The molecule has 7 nitrogen and oxygen atoms in total. The van der Waals surface area contributed by atoms with Crippen molar-refractivity contribution in [1.29, 1.82) is 0 Å². The normalized spacial score (nSPS) is 22.7. The minimum absolute atomic E-state index is 0.0501. The van der Waals surface area contributed by atoms with Crippen LogP contribution in [0.4, 0.5) is 5.69 Å². The molecule has 0 bridgehead atoms. The van der Waals surface area contributed by atoms with Crippen LogP contribution in [-0.2, 0) is 19.8 Å². The number of fused-ring (bicyclic) bond motifs is 2. The fourth-order valence-electron chi connectivity index (χ4n) is 5.47. The Balaban J connectivity index is 1.77. The first-order valence-electron chi connectivity index (χ1n) is 12.0. The molecule has 0 saturated carbocycles. The molecule has 0 aliphatic carbocycles. The second-order valence-electron chi connectivity index (χ2n) is 9.67. The molecule has 3 aromatic carbocycles. The van der Waals surface area contributed by atoms with Crippen molar-refractivity contribution in [2.75, 3.05) is 11.9 Å². The Hall–Kier alpha value is -2.78. The summed E-state index contributed by atoms with van der Waals surface area (Å²) in [6.07, 6.45) is -0.0501. The average Bonchev–Trinajstić information content (AvgIpc) is 3.16. The molecule has 3 N–H and O–H groups in total. The summed E-state index contributed by atoms with van der Waals surface area (Å²) in [5.41, 5.74) is 0.830. The molecule has 2 heterocycles. The molecule has 0 aromatic heterocycles. The SMILES string of the molecule is CC(COc1ccc(Br)cc1[C@H]1CC(=O)N[C@@H](c2cc(Cl)ccc2Cl)[C@]12C(=O)Nc1cc(Cl)ccc12)C(=O)O. The van der Waals surface area contributed by atoms with Crippen LogP contribution in [0.15, 0.2) is 59.1 Å². The lowest BCUT2D eigenvalue weighted by Crippen LogP contribution is -2.57. The number of amides is 2. The van der Waals surface area contributed by atoms with Crippen LogP contribution in [0.1, 0.15) is 42.0 Å². The molecule has 2 amide bonds. The number of piperidine rings is 1. The van der Waals surface area contributed by atoms with Gasteiger partial charge >= 0.3 is 5.97 Å². The Kier molecular flexibility index (Phi) is 7.59. The maximum atomic E-state index is 14.2. The highest BCUT2D eigenvalue weighted by Crippen LogP contribution is 2.59. The van der Waals surface area contributed by atoms with Gasteiger partial charge < -0.3 is 20.5 Å². The van der Waals surface area contributed by atoms with E-state index in [2.05, 4.69) is 26.6 Å². The Bertz CT molecular complexity index is 1520. The summed E-state index contributed by atoms with van der Waals surface area (Å²) in [4.78, 5) is 39.0. The third-order valence-corrected chi connectivity index (χ3v) is 8.59. The molecule has 202 valence electrons. The topological polar surface area (TPSA) is 105 Å². The van der Waals surface area contributed by atoms with Crippen molar-refractivity contribution in [3.63, 3.8) is 0 Å². The highest BCUT2D eigenvalue weighted by Gasteiger charge is 2.62. The van der Waals surface area contributed by atoms with Gasteiger partial charge in [-0.25, -0.2) is 0 Å². The molecule has 5 rings (SSSR count). The number of nitrogens with one attached hydrogen (secondary N) is 2. The van der Waals surface area contributed by atoms with Crippen molar-refractivity contribution in [2.45, 2.75) is 30.7 Å². The van der Waals surface area contributed by atoms with E-state index in [1.54, 1.807) is 54.6 Å². The first-order chi connectivity index (χ1) is 18.5. The van der Waals surface area contributed by atoms with Crippen molar-refractivity contribution in [3.05, 3.63) is 90.8 Å². The van der Waals surface area contributed by atoms with Crippen LogP contribution in [0.5, 0.6) is 5.75 Å². The molecular formula is C28H22BrCl3N2O5. The van der Waals surface area contributed by atoms with Crippen LogP contribution in [0, 0.1) is 5.92 Å². The largest absolute Gasteiger partial charge is 0.492 e. The summed E-state index contributed by atoms with van der Waals surface area (Å²) in [5.74, 6) is -2.79. The first kappa shape index (κ1) is 27.8. The summed E-state index contributed by atoms with van der Waals surface area (Å²) >= 11 is 22.8. The number of ether oxygens (including phenoxy) is 1. The van der Waals surface area contributed by atoms with Crippen molar-refractivity contribution in [2.24, 2.45) is 5.92 Å². The average molecular weight is 653 g/mol. The molecule has 1 saturated heterocycles. The predicted molar refractivity (Wildman–Crippen MR) is 153 cm³/mol. The number of hydrogen-bond acceptors (Lipinski definition) is 4. The van der Waals surface area contributed by atoms with Crippen molar-refractivity contribution >= 4 is 74.2 Å².